The number of benzene rings is 1. The van der Waals surface area contributed by atoms with Crippen LogP contribution in [0.4, 0.5) is 0 Å². The van der Waals surface area contributed by atoms with Crippen molar-refractivity contribution in [2.45, 2.75) is 6.54 Å². The third-order valence-electron chi connectivity index (χ3n) is 2.39. The first-order valence-corrected chi connectivity index (χ1v) is 5.93. The van der Waals surface area contributed by atoms with Crippen molar-refractivity contribution in [2.24, 2.45) is 5.73 Å². The lowest BCUT2D eigenvalue weighted by molar-refractivity contribution is 0.356. The van der Waals surface area contributed by atoms with Gasteiger partial charge >= 0.3 is 0 Å². The van der Waals surface area contributed by atoms with E-state index in [9.17, 15) is 0 Å². The third kappa shape index (κ3) is 1.73. The Labute approximate surface area is 103 Å². The first-order chi connectivity index (χ1) is 7.71. The molecule has 16 heavy (non-hydrogen) atoms. The van der Waals surface area contributed by atoms with E-state index in [1.54, 1.807) is 25.6 Å². The molecule has 5 heteroatoms. The highest BCUT2D eigenvalue weighted by Gasteiger charge is 2.13. The van der Waals surface area contributed by atoms with Crippen molar-refractivity contribution in [3.05, 3.63) is 22.0 Å². The number of ether oxygens (including phenoxy) is 2. The number of fused-ring (bicyclic) bond motifs is 1. The van der Waals surface area contributed by atoms with Crippen molar-refractivity contribution < 1.29 is 9.47 Å². The van der Waals surface area contributed by atoms with Crippen LogP contribution in [0.3, 0.4) is 0 Å². The lowest BCUT2D eigenvalue weighted by Crippen LogP contribution is -1.92. The number of hydrogen-bond donors (Lipinski definition) is 1. The van der Waals surface area contributed by atoms with Crippen LogP contribution < -0.4 is 15.2 Å². The van der Waals surface area contributed by atoms with Crippen LogP contribution in [0.5, 0.6) is 11.5 Å². The molecular formula is C11H12ClNO2S. The highest BCUT2D eigenvalue weighted by atomic mass is 35.5. The van der Waals surface area contributed by atoms with Gasteiger partial charge in [0, 0.05) is 27.6 Å². The van der Waals surface area contributed by atoms with Gasteiger partial charge in [0.25, 0.3) is 0 Å². The molecule has 0 fully saturated rings. The van der Waals surface area contributed by atoms with Crippen LogP contribution in [0.2, 0.25) is 5.02 Å². The highest BCUT2D eigenvalue weighted by molar-refractivity contribution is 7.19. The molecule has 1 aromatic carbocycles. The molecule has 0 saturated heterocycles. The number of methoxy groups -OCH3 is 2. The van der Waals surface area contributed by atoms with Crippen LogP contribution in [0.1, 0.15) is 4.88 Å². The van der Waals surface area contributed by atoms with Gasteiger partial charge in [-0.3, -0.25) is 0 Å². The Morgan fingerprint density at radius 3 is 2.44 bits per heavy atom. The minimum Gasteiger partial charge on any atom is -0.493 e. The molecule has 3 nitrogen and oxygen atoms in total. The molecule has 0 radical (unpaired) electrons. The zero-order chi connectivity index (χ0) is 11.7. The molecule has 2 rings (SSSR count). The summed E-state index contributed by atoms with van der Waals surface area (Å²) in [4.78, 5) is 0.979. The van der Waals surface area contributed by atoms with Gasteiger partial charge in [-0.15, -0.1) is 11.3 Å². The molecule has 0 amide bonds. The van der Waals surface area contributed by atoms with Gasteiger partial charge in [0.15, 0.2) is 11.5 Å². The lowest BCUT2D eigenvalue weighted by Gasteiger charge is -2.06. The first kappa shape index (κ1) is 11.5. The highest BCUT2D eigenvalue weighted by Crippen LogP contribution is 2.41. The maximum Gasteiger partial charge on any atom is 0.162 e. The van der Waals surface area contributed by atoms with E-state index in [0.29, 0.717) is 23.1 Å². The fourth-order valence-electron chi connectivity index (χ4n) is 1.58. The molecule has 2 aromatic rings. The molecule has 0 saturated carbocycles. The van der Waals surface area contributed by atoms with Gasteiger partial charge in [0.05, 0.1) is 19.2 Å². The predicted molar refractivity (Wildman–Crippen MR) is 67.8 cm³/mol. The van der Waals surface area contributed by atoms with Crippen molar-refractivity contribution >= 4 is 33.0 Å². The molecule has 2 N–H and O–H groups in total. The predicted octanol–water partition coefficient (Wildman–Crippen LogP) is 3.03. The number of halogens is 1. The molecule has 0 aliphatic rings. The summed E-state index contributed by atoms with van der Waals surface area (Å²) in [5.74, 6) is 1.38. The van der Waals surface area contributed by atoms with E-state index in [1.165, 1.54) is 0 Å². The smallest absolute Gasteiger partial charge is 0.162 e. The second kappa shape index (κ2) is 4.49. The minimum atomic E-state index is 0.447. The van der Waals surface area contributed by atoms with Crippen molar-refractivity contribution in [3.63, 3.8) is 0 Å². The van der Waals surface area contributed by atoms with E-state index in [2.05, 4.69) is 0 Å². The van der Waals surface area contributed by atoms with E-state index in [-0.39, 0.29) is 0 Å². The second-order valence-electron chi connectivity index (χ2n) is 3.25. The Balaban J connectivity index is 2.71. The van der Waals surface area contributed by atoms with Crippen LogP contribution in [-0.2, 0) is 6.54 Å². The van der Waals surface area contributed by atoms with Crippen molar-refractivity contribution in [3.8, 4) is 11.5 Å². The van der Waals surface area contributed by atoms with Gasteiger partial charge in [0.2, 0.25) is 0 Å². The molecule has 0 aliphatic carbocycles. The van der Waals surface area contributed by atoms with Crippen molar-refractivity contribution in [1.82, 2.24) is 0 Å². The van der Waals surface area contributed by atoms with E-state index >= 15 is 0 Å². The van der Waals surface area contributed by atoms with Crippen LogP contribution in [0.25, 0.3) is 10.1 Å². The van der Waals surface area contributed by atoms with Crippen LogP contribution in [0.15, 0.2) is 12.1 Å². The van der Waals surface area contributed by atoms with Gasteiger partial charge < -0.3 is 15.2 Å². The summed E-state index contributed by atoms with van der Waals surface area (Å²) in [7, 11) is 3.22. The zero-order valence-electron chi connectivity index (χ0n) is 9.04. The molecule has 0 aliphatic heterocycles. The first-order valence-electron chi connectivity index (χ1n) is 4.74. The molecule has 1 heterocycles. The molecule has 1 aromatic heterocycles. The van der Waals surface area contributed by atoms with Crippen LogP contribution in [0, 0.1) is 0 Å². The summed E-state index contributed by atoms with van der Waals surface area (Å²) in [6, 6.07) is 3.80. The molecule has 0 bridgehead atoms. The van der Waals surface area contributed by atoms with Gasteiger partial charge in [-0.1, -0.05) is 11.6 Å². The van der Waals surface area contributed by atoms with Gasteiger partial charge in [-0.25, -0.2) is 0 Å². The van der Waals surface area contributed by atoms with Gasteiger partial charge in [-0.2, -0.15) is 0 Å². The normalized spacial score (nSPS) is 10.8. The van der Waals surface area contributed by atoms with E-state index in [1.807, 2.05) is 12.1 Å². The maximum absolute atomic E-state index is 6.22. The van der Waals surface area contributed by atoms with E-state index in [4.69, 9.17) is 26.8 Å². The quantitative estimate of drug-likeness (QED) is 0.919. The number of thiophene rings is 1. The summed E-state index contributed by atoms with van der Waals surface area (Å²) < 4.78 is 11.5. The topological polar surface area (TPSA) is 44.5 Å². The number of nitrogens with two attached hydrogens (primary N) is 1. The zero-order valence-corrected chi connectivity index (χ0v) is 10.6. The van der Waals surface area contributed by atoms with E-state index in [0.717, 1.165) is 15.0 Å². The molecule has 0 atom stereocenters. The average Bonchev–Trinajstić information content (AvgIpc) is 2.63. The van der Waals surface area contributed by atoms with Gasteiger partial charge in [0.1, 0.15) is 0 Å². The number of rotatable bonds is 3. The van der Waals surface area contributed by atoms with E-state index < -0.39 is 0 Å². The van der Waals surface area contributed by atoms with Crippen LogP contribution >= 0.6 is 22.9 Å². The molecular weight excluding hydrogens is 246 g/mol. The van der Waals surface area contributed by atoms with Gasteiger partial charge in [-0.05, 0) is 6.07 Å². The Hall–Kier alpha value is -0.970. The monoisotopic (exact) mass is 257 g/mol. The average molecular weight is 258 g/mol. The van der Waals surface area contributed by atoms with Crippen molar-refractivity contribution in [2.75, 3.05) is 14.2 Å². The Bertz CT molecular complexity index is 524. The fourth-order valence-corrected chi connectivity index (χ4v) is 2.97. The second-order valence-corrected chi connectivity index (χ2v) is 4.76. The van der Waals surface area contributed by atoms with Crippen LogP contribution in [-0.4, -0.2) is 14.2 Å². The lowest BCUT2D eigenvalue weighted by atomic mass is 10.2. The summed E-state index contributed by atoms with van der Waals surface area (Å²) in [6.45, 7) is 0.447. The summed E-state index contributed by atoms with van der Waals surface area (Å²) in [6.07, 6.45) is 0. The Kier molecular flexibility index (Phi) is 3.23. The maximum atomic E-state index is 6.22. The minimum absolute atomic E-state index is 0.447. The largest absolute Gasteiger partial charge is 0.493 e. The van der Waals surface area contributed by atoms with Crippen molar-refractivity contribution in [1.29, 1.82) is 0 Å². The molecule has 0 spiro atoms. The Morgan fingerprint density at radius 2 is 1.88 bits per heavy atom. The number of hydrogen-bond acceptors (Lipinski definition) is 4. The molecule has 86 valence electrons. The SMILES string of the molecule is COc1cc2sc(CN)c(Cl)c2cc1OC. The standard InChI is InChI=1S/C11H12ClNO2S/c1-14-7-3-6-9(4-8(7)15-2)16-10(5-13)11(6)12/h3-4H,5,13H2,1-2H3. The fraction of sp³-hybridized carbons (Fsp3) is 0.273. The third-order valence-corrected chi connectivity index (χ3v) is 4.10. The Morgan fingerprint density at radius 1 is 1.25 bits per heavy atom. The molecule has 0 unspecified atom stereocenters. The summed E-state index contributed by atoms with van der Waals surface area (Å²) >= 11 is 7.80. The summed E-state index contributed by atoms with van der Waals surface area (Å²) in [5, 5.41) is 1.67. The summed E-state index contributed by atoms with van der Waals surface area (Å²) in [5.41, 5.74) is 5.62.